The van der Waals surface area contributed by atoms with E-state index in [4.69, 9.17) is 4.74 Å². The number of nitrogens with one attached hydrogen (secondary N) is 2. The summed E-state index contributed by atoms with van der Waals surface area (Å²) in [6, 6.07) is -0.468. The van der Waals surface area contributed by atoms with Crippen molar-refractivity contribution < 1.29 is 13.9 Å². The molecule has 0 radical (unpaired) electrons. The minimum atomic E-state index is -1.03. The first-order chi connectivity index (χ1) is 6.38. The molecule has 0 bridgehead atoms. The Morgan fingerprint density at radius 2 is 2.14 bits per heavy atom. The summed E-state index contributed by atoms with van der Waals surface area (Å²) in [6.45, 7) is 6.06. The number of rotatable bonds is 1. The molecule has 0 aromatic heterocycles. The molecule has 5 heteroatoms. The summed E-state index contributed by atoms with van der Waals surface area (Å²) >= 11 is 0. The number of alkyl halides is 1. The van der Waals surface area contributed by atoms with Gasteiger partial charge in [-0.15, -0.1) is 0 Å². The van der Waals surface area contributed by atoms with Crippen LogP contribution < -0.4 is 10.6 Å². The van der Waals surface area contributed by atoms with E-state index in [0.717, 1.165) is 0 Å². The highest BCUT2D eigenvalue weighted by Gasteiger charge is 2.29. The number of alkyl carbamates (subject to hydrolysis) is 1. The molecule has 0 saturated carbocycles. The van der Waals surface area contributed by atoms with Crippen LogP contribution >= 0.6 is 0 Å². The van der Waals surface area contributed by atoms with Gasteiger partial charge < -0.3 is 15.4 Å². The van der Waals surface area contributed by atoms with Crippen LogP contribution in [0.15, 0.2) is 0 Å². The summed E-state index contributed by atoms with van der Waals surface area (Å²) in [5, 5.41) is 5.33. The Morgan fingerprint density at radius 3 is 2.57 bits per heavy atom. The molecule has 1 unspecified atom stereocenters. The average Bonchev–Trinajstić information content (AvgIpc) is 2.32. The number of amides is 1. The van der Waals surface area contributed by atoms with Gasteiger partial charge in [0.1, 0.15) is 11.8 Å². The topological polar surface area (TPSA) is 50.4 Å². The summed E-state index contributed by atoms with van der Waals surface area (Å²) in [6.07, 6.45) is -1.59. The summed E-state index contributed by atoms with van der Waals surface area (Å²) in [5.74, 6) is 0. The number of carbonyl (C=O) groups excluding carboxylic acids is 1. The monoisotopic (exact) mass is 204 g/mol. The fourth-order valence-electron chi connectivity index (χ4n) is 1.25. The maximum Gasteiger partial charge on any atom is 0.408 e. The lowest BCUT2D eigenvalue weighted by Crippen LogP contribution is -2.43. The van der Waals surface area contributed by atoms with Crippen molar-refractivity contribution in [1.29, 1.82) is 0 Å². The van der Waals surface area contributed by atoms with Crippen molar-refractivity contribution in [2.45, 2.75) is 38.6 Å². The Hall–Kier alpha value is -0.840. The molecule has 0 aromatic carbocycles. The zero-order valence-electron chi connectivity index (χ0n) is 8.76. The van der Waals surface area contributed by atoms with Crippen LogP contribution in [0.25, 0.3) is 0 Å². The largest absolute Gasteiger partial charge is 0.444 e. The van der Waals surface area contributed by atoms with Gasteiger partial charge in [-0.05, 0) is 20.8 Å². The van der Waals surface area contributed by atoms with Crippen LogP contribution in [0.4, 0.5) is 9.18 Å². The summed E-state index contributed by atoms with van der Waals surface area (Å²) < 4.78 is 18.1. The normalized spacial score (nSPS) is 27.4. The molecule has 2 atom stereocenters. The molecule has 1 rings (SSSR count). The van der Waals surface area contributed by atoms with Crippen LogP contribution in [-0.4, -0.2) is 37.0 Å². The van der Waals surface area contributed by atoms with Crippen molar-refractivity contribution in [1.82, 2.24) is 10.6 Å². The predicted molar refractivity (Wildman–Crippen MR) is 50.9 cm³/mol. The van der Waals surface area contributed by atoms with Crippen LogP contribution in [-0.2, 0) is 4.74 Å². The highest BCUT2D eigenvalue weighted by atomic mass is 19.1. The highest BCUT2D eigenvalue weighted by Crippen LogP contribution is 2.09. The molecule has 2 N–H and O–H groups in total. The van der Waals surface area contributed by atoms with Gasteiger partial charge in [0.25, 0.3) is 0 Å². The maximum absolute atomic E-state index is 13.0. The molecule has 0 spiro atoms. The molecular formula is C9H17FN2O2. The second-order valence-corrected chi connectivity index (χ2v) is 4.43. The lowest BCUT2D eigenvalue weighted by Gasteiger charge is -2.22. The Bertz CT molecular complexity index is 215. The number of ether oxygens (including phenoxy) is 1. The van der Waals surface area contributed by atoms with Crippen LogP contribution in [0, 0.1) is 0 Å². The minimum absolute atomic E-state index is 0.292. The molecule has 1 aliphatic rings. The van der Waals surface area contributed by atoms with E-state index in [2.05, 4.69) is 10.6 Å². The number of hydrogen-bond acceptors (Lipinski definition) is 3. The Kier molecular flexibility index (Phi) is 3.31. The molecular weight excluding hydrogens is 187 g/mol. The minimum Gasteiger partial charge on any atom is -0.444 e. The number of carbonyl (C=O) groups is 1. The fourth-order valence-corrected chi connectivity index (χ4v) is 1.25. The average molecular weight is 204 g/mol. The van der Waals surface area contributed by atoms with E-state index < -0.39 is 23.9 Å². The van der Waals surface area contributed by atoms with Crippen molar-refractivity contribution in [3.63, 3.8) is 0 Å². The molecule has 0 aromatic rings. The third kappa shape index (κ3) is 3.49. The van der Waals surface area contributed by atoms with Crippen molar-refractivity contribution >= 4 is 6.09 Å². The summed E-state index contributed by atoms with van der Waals surface area (Å²) in [7, 11) is 0. The molecule has 14 heavy (non-hydrogen) atoms. The first-order valence-electron chi connectivity index (χ1n) is 4.73. The molecule has 1 saturated heterocycles. The molecule has 1 heterocycles. The van der Waals surface area contributed by atoms with Crippen LogP contribution in [0.1, 0.15) is 20.8 Å². The second kappa shape index (κ2) is 4.13. The number of halogens is 1. The zero-order chi connectivity index (χ0) is 10.8. The quantitative estimate of drug-likeness (QED) is 0.665. The SMILES string of the molecule is CC(C)(C)OC(=O)N[C@H]1CNCC1F. The third-order valence-electron chi connectivity index (χ3n) is 1.84. The molecule has 1 aliphatic heterocycles. The van der Waals surface area contributed by atoms with Gasteiger partial charge in [0, 0.05) is 13.1 Å². The van der Waals surface area contributed by atoms with E-state index in [1.165, 1.54) is 0 Å². The lowest BCUT2D eigenvalue weighted by atomic mass is 10.2. The summed E-state index contributed by atoms with van der Waals surface area (Å²) in [5.41, 5.74) is -0.540. The maximum atomic E-state index is 13.0. The Labute approximate surface area is 83.2 Å². The lowest BCUT2D eigenvalue weighted by molar-refractivity contribution is 0.0490. The van der Waals surface area contributed by atoms with E-state index in [9.17, 15) is 9.18 Å². The van der Waals surface area contributed by atoms with Gasteiger partial charge in [-0.25, -0.2) is 9.18 Å². The number of hydrogen-bond donors (Lipinski definition) is 2. The molecule has 1 amide bonds. The molecule has 1 fully saturated rings. The fraction of sp³-hybridized carbons (Fsp3) is 0.889. The van der Waals surface area contributed by atoms with Crippen molar-refractivity contribution in [2.75, 3.05) is 13.1 Å². The van der Waals surface area contributed by atoms with E-state index in [1.54, 1.807) is 20.8 Å². The smallest absolute Gasteiger partial charge is 0.408 e. The third-order valence-corrected chi connectivity index (χ3v) is 1.84. The van der Waals surface area contributed by atoms with Crippen molar-refractivity contribution in [2.24, 2.45) is 0 Å². The predicted octanol–water partition coefficient (Wildman–Crippen LogP) is 0.821. The highest BCUT2D eigenvalue weighted by molar-refractivity contribution is 5.68. The van der Waals surface area contributed by atoms with Crippen molar-refractivity contribution in [3.05, 3.63) is 0 Å². The van der Waals surface area contributed by atoms with Crippen LogP contribution in [0.2, 0.25) is 0 Å². The van der Waals surface area contributed by atoms with E-state index >= 15 is 0 Å². The van der Waals surface area contributed by atoms with Gasteiger partial charge in [-0.3, -0.25) is 0 Å². The summed E-state index contributed by atoms with van der Waals surface area (Å²) in [4.78, 5) is 11.2. The van der Waals surface area contributed by atoms with Crippen LogP contribution in [0.5, 0.6) is 0 Å². The van der Waals surface area contributed by atoms with Gasteiger partial charge in [-0.1, -0.05) is 0 Å². The molecule has 82 valence electrons. The molecule has 0 aliphatic carbocycles. The van der Waals surface area contributed by atoms with E-state index in [-0.39, 0.29) is 0 Å². The second-order valence-electron chi connectivity index (χ2n) is 4.43. The van der Waals surface area contributed by atoms with Gasteiger partial charge in [0.2, 0.25) is 0 Å². The van der Waals surface area contributed by atoms with E-state index in [1.807, 2.05) is 0 Å². The van der Waals surface area contributed by atoms with Gasteiger partial charge >= 0.3 is 6.09 Å². The molecule has 4 nitrogen and oxygen atoms in total. The first kappa shape index (κ1) is 11.2. The standard InChI is InChI=1S/C9H17FN2O2/c1-9(2,3)14-8(13)12-7-5-11-4-6(7)10/h6-7,11H,4-5H2,1-3H3,(H,12,13)/t6?,7-/m0/s1. The first-order valence-corrected chi connectivity index (χ1v) is 4.73. The van der Waals surface area contributed by atoms with Gasteiger partial charge in [-0.2, -0.15) is 0 Å². The van der Waals surface area contributed by atoms with E-state index in [0.29, 0.717) is 13.1 Å². The van der Waals surface area contributed by atoms with Crippen LogP contribution in [0.3, 0.4) is 0 Å². The van der Waals surface area contributed by atoms with Gasteiger partial charge in [0.15, 0.2) is 0 Å². The van der Waals surface area contributed by atoms with Crippen molar-refractivity contribution in [3.8, 4) is 0 Å². The van der Waals surface area contributed by atoms with Gasteiger partial charge in [0.05, 0.1) is 6.04 Å². The zero-order valence-corrected chi connectivity index (χ0v) is 8.76. The Morgan fingerprint density at radius 1 is 1.50 bits per heavy atom. The Balaban J connectivity index is 2.33.